The minimum atomic E-state index is -2.59. The van der Waals surface area contributed by atoms with Gasteiger partial charge in [0.05, 0.1) is 19.6 Å². The molecule has 21 heavy (non-hydrogen) atoms. The molecule has 0 saturated heterocycles. The number of nitrogens with two attached hydrogens (primary N) is 4. The van der Waals surface area contributed by atoms with Crippen molar-refractivity contribution in [2.24, 2.45) is 34.3 Å². The first-order valence-electron chi connectivity index (χ1n) is 6.47. The molecule has 9 nitrogen and oxygen atoms in total. The van der Waals surface area contributed by atoms with E-state index in [-0.39, 0.29) is 19.4 Å². The molecule has 0 amide bonds. The van der Waals surface area contributed by atoms with E-state index >= 15 is 0 Å². The highest BCUT2D eigenvalue weighted by Crippen LogP contribution is 2.34. The van der Waals surface area contributed by atoms with Crippen LogP contribution in [0.4, 0.5) is 0 Å². The van der Waals surface area contributed by atoms with Crippen molar-refractivity contribution in [1.82, 2.24) is 0 Å². The van der Waals surface area contributed by atoms with Gasteiger partial charge in [-0.2, -0.15) is 0 Å². The van der Waals surface area contributed by atoms with Crippen LogP contribution in [0.2, 0.25) is 0 Å². The summed E-state index contributed by atoms with van der Waals surface area (Å²) in [6.45, 7) is -1.73. The average Bonchev–Trinajstić information content (AvgIpc) is 2.48. The molecule has 0 aromatic heterocycles. The molecule has 0 saturated carbocycles. The zero-order valence-electron chi connectivity index (χ0n) is 11.7. The Morgan fingerprint density at radius 2 is 1.38 bits per heavy atom. The van der Waals surface area contributed by atoms with Gasteiger partial charge in [0, 0.05) is 5.92 Å². The molecule has 0 aromatic carbocycles. The lowest BCUT2D eigenvalue weighted by molar-refractivity contribution is -0.166. The number of ketones is 3. The highest BCUT2D eigenvalue weighted by atomic mass is 16.4. The van der Waals surface area contributed by atoms with Crippen LogP contribution in [0.3, 0.4) is 0 Å². The Bertz CT molecular complexity index is 408. The maximum Gasteiger partial charge on any atom is 0.325 e. The van der Waals surface area contributed by atoms with Gasteiger partial charge in [0.2, 0.25) is 0 Å². The van der Waals surface area contributed by atoms with Crippen molar-refractivity contribution in [2.75, 3.05) is 26.2 Å². The molecule has 9 heteroatoms. The number of hydrogen-bond acceptors (Lipinski definition) is 8. The molecule has 0 aliphatic heterocycles. The second kappa shape index (κ2) is 8.57. The van der Waals surface area contributed by atoms with Crippen molar-refractivity contribution >= 4 is 23.3 Å². The second-order valence-electron chi connectivity index (χ2n) is 4.52. The summed E-state index contributed by atoms with van der Waals surface area (Å²) in [6, 6.07) is 0. The molecule has 0 radical (unpaired) electrons. The van der Waals surface area contributed by atoms with E-state index in [9.17, 15) is 24.3 Å². The van der Waals surface area contributed by atoms with E-state index in [4.69, 9.17) is 22.9 Å². The minimum absolute atomic E-state index is 0.0592. The van der Waals surface area contributed by atoms with Crippen LogP contribution in [0, 0.1) is 11.3 Å². The number of rotatable bonds is 11. The van der Waals surface area contributed by atoms with E-state index in [1.807, 2.05) is 0 Å². The molecular weight excluding hydrogens is 280 g/mol. The van der Waals surface area contributed by atoms with Crippen molar-refractivity contribution < 1.29 is 24.3 Å². The molecule has 1 atom stereocenters. The molecule has 0 bridgehead atoms. The Labute approximate surface area is 122 Å². The number of carbonyl (C=O) groups is 4. The number of carboxylic acids is 1. The van der Waals surface area contributed by atoms with Gasteiger partial charge in [-0.3, -0.25) is 19.2 Å². The molecule has 0 fully saturated rings. The fourth-order valence-electron chi connectivity index (χ4n) is 2.34. The van der Waals surface area contributed by atoms with Gasteiger partial charge in [-0.15, -0.1) is 0 Å². The number of carboxylic acid groups (broad SMARTS) is 1. The van der Waals surface area contributed by atoms with E-state index < -0.39 is 54.3 Å². The standard InChI is InChI=1S/C12H22N4O5/c13-3-1-2-7(8(17)4-14)12(11(20)21,9(18)5-15)10(19)6-16/h7H,1-6,13-16H2,(H,20,21). The van der Waals surface area contributed by atoms with Gasteiger partial charge in [-0.25, -0.2) is 0 Å². The third kappa shape index (κ3) is 3.70. The minimum Gasteiger partial charge on any atom is -0.480 e. The summed E-state index contributed by atoms with van der Waals surface area (Å²) in [5.41, 5.74) is 18.5. The molecule has 1 unspecified atom stereocenters. The molecule has 0 aromatic rings. The fraction of sp³-hybridized carbons (Fsp3) is 0.667. The molecule has 0 heterocycles. The lowest BCUT2D eigenvalue weighted by Gasteiger charge is -2.33. The van der Waals surface area contributed by atoms with Crippen LogP contribution in [-0.2, 0) is 19.2 Å². The maximum absolute atomic E-state index is 12.1. The largest absolute Gasteiger partial charge is 0.480 e. The van der Waals surface area contributed by atoms with E-state index in [2.05, 4.69) is 0 Å². The summed E-state index contributed by atoms with van der Waals surface area (Å²) in [6.07, 6.45) is 0.192. The van der Waals surface area contributed by atoms with Gasteiger partial charge in [0.15, 0.2) is 22.8 Å². The van der Waals surface area contributed by atoms with Crippen LogP contribution >= 0.6 is 0 Å². The molecule has 0 aliphatic rings. The van der Waals surface area contributed by atoms with Gasteiger partial charge in [0.25, 0.3) is 0 Å². The van der Waals surface area contributed by atoms with Gasteiger partial charge in [-0.05, 0) is 19.4 Å². The number of Topliss-reactive ketones (excluding diaryl/α,β-unsaturated/α-hetero) is 3. The Morgan fingerprint density at radius 3 is 1.67 bits per heavy atom. The van der Waals surface area contributed by atoms with Crippen LogP contribution in [0.5, 0.6) is 0 Å². The first-order valence-corrected chi connectivity index (χ1v) is 6.47. The molecule has 0 rings (SSSR count). The zero-order chi connectivity index (χ0) is 16.6. The second-order valence-corrected chi connectivity index (χ2v) is 4.52. The van der Waals surface area contributed by atoms with E-state index in [0.717, 1.165) is 0 Å². The first-order chi connectivity index (χ1) is 9.84. The summed E-state index contributed by atoms with van der Waals surface area (Å²) in [4.78, 5) is 47.9. The molecule has 9 N–H and O–H groups in total. The predicted octanol–water partition coefficient (Wildman–Crippen LogP) is -3.00. The highest BCUT2D eigenvalue weighted by molar-refractivity contribution is 6.25. The Balaban J connectivity index is 6.11. The first kappa shape index (κ1) is 19.3. The number of hydrogen-bond donors (Lipinski definition) is 5. The van der Waals surface area contributed by atoms with Crippen LogP contribution in [0.1, 0.15) is 12.8 Å². The monoisotopic (exact) mass is 302 g/mol. The van der Waals surface area contributed by atoms with Gasteiger partial charge in [-0.1, -0.05) is 0 Å². The Morgan fingerprint density at radius 1 is 0.905 bits per heavy atom. The lowest BCUT2D eigenvalue weighted by Crippen LogP contribution is -2.58. The normalized spacial score (nSPS) is 12.8. The van der Waals surface area contributed by atoms with Crippen LogP contribution in [0.15, 0.2) is 0 Å². The highest BCUT2D eigenvalue weighted by Gasteiger charge is 2.58. The SMILES string of the molecule is NCCCC(C(=O)CN)C(C(=O)O)(C(=O)CN)C(=O)CN. The number of aliphatic carboxylic acids is 1. The third-order valence-corrected chi connectivity index (χ3v) is 3.40. The number of carbonyl (C=O) groups excluding carboxylic acids is 3. The summed E-state index contributed by atoms with van der Waals surface area (Å²) < 4.78 is 0. The molecule has 120 valence electrons. The zero-order valence-corrected chi connectivity index (χ0v) is 11.7. The van der Waals surface area contributed by atoms with E-state index in [1.165, 1.54) is 0 Å². The molecule has 0 spiro atoms. The third-order valence-electron chi connectivity index (χ3n) is 3.40. The van der Waals surface area contributed by atoms with Gasteiger partial charge >= 0.3 is 5.97 Å². The summed E-state index contributed by atoms with van der Waals surface area (Å²) in [5.74, 6) is -5.99. The molecular formula is C12H22N4O5. The summed E-state index contributed by atoms with van der Waals surface area (Å²) in [5, 5.41) is 9.46. The van der Waals surface area contributed by atoms with Crippen LogP contribution in [0.25, 0.3) is 0 Å². The Kier molecular flexibility index (Phi) is 7.89. The lowest BCUT2D eigenvalue weighted by atomic mass is 9.65. The maximum atomic E-state index is 12.1. The van der Waals surface area contributed by atoms with E-state index in [1.54, 1.807) is 0 Å². The smallest absolute Gasteiger partial charge is 0.325 e. The average molecular weight is 302 g/mol. The predicted molar refractivity (Wildman–Crippen MR) is 74.0 cm³/mol. The quantitative estimate of drug-likeness (QED) is 0.247. The summed E-state index contributed by atoms with van der Waals surface area (Å²) in [7, 11) is 0. The van der Waals surface area contributed by atoms with Crippen LogP contribution < -0.4 is 22.9 Å². The van der Waals surface area contributed by atoms with Crippen molar-refractivity contribution in [3.8, 4) is 0 Å². The van der Waals surface area contributed by atoms with Crippen molar-refractivity contribution in [3.05, 3.63) is 0 Å². The van der Waals surface area contributed by atoms with Crippen molar-refractivity contribution in [3.63, 3.8) is 0 Å². The topological polar surface area (TPSA) is 193 Å². The van der Waals surface area contributed by atoms with Gasteiger partial charge in [0.1, 0.15) is 0 Å². The summed E-state index contributed by atoms with van der Waals surface area (Å²) >= 11 is 0. The van der Waals surface area contributed by atoms with Crippen LogP contribution in [-0.4, -0.2) is 54.6 Å². The van der Waals surface area contributed by atoms with E-state index in [0.29, 0.717) is 0 Å². The fourth-order valence-corrected chi connectivity index (χ4v) is 2.34. The van der Waals surface area contributed by atoms with Crippen molar-refractivity contribution in [1.29, 1.82) is 0 Å². The van der Waals surface area contributed by atoms with Crippen molar-refractivity contribution in [2.45, 2.75) is 12.8 Å². The van der Waals surface area contributed by atoms with Gasteiger partial charge < -0.3 is 28.0 Å². The molecule has 0 aliphatic carbocycles. The Hall–Kier alpha value is -1.68.